The van der Waals surface area contributed by atoms with E-state index in [2.05, 4.69) is 12.2 Å². The van der Waals surface area contributed by atoms with Crippen LogP contribution in [0.25, 0.3) is 0 Å². The monoisotopic (exact) mass is 363 g/mol. The number of rotatable bonds is 15. The third-order valence-corrected chi connectivity index (χ3v) is 4.76. The van der Waals surface area contributed by atoms with Crippen LogP contribution < -0.4 is 5.32 Å². The lowest BCUT2D eigenvalue weighted by molar-refractivity contribution is -0.116. The number of carbonyl (C=O) groups is 1. The van der Waals surface area contributed by atoms with Crippen molar-refractivity contribution < 1.29 is 15.0 Å². The number of aromatic hydroxyl groups is 2. The van der Waals surface area contributed by atoms with Crippen molar-refractivity contribution in [1.82, 2.24) is 0 Å². The van der Waals surface area contributed by atoms with E-state index in [4.69, 9.17) is 0 Å². The highest BCUT2D eigenvalue weighted by Gasteiger charge is 2.07. The van der Waals surface area contributed by atoms with E-state index >= 15 is 0 Å². The Hall–Kier alpha value is -1.71. The largest absolute Gasteiger partial charge is 0.508 e. The van der Waals surface area contributed by atoms with Crippen LogP contribution in [0, 0.1) is 0 Å². The van der Waals surface area contributed by atoms with E-state index in [1.165, 1.54) is 88.8 Å². The molecule has 4 nitrogen and oxygen atoms in total. The van der Waals surface area contributed by atoms with Gasteiger partial charge in [0.15, 0.2) is 0 Å². The fraction of sp³-hybridized carbons (Fsp3) is 0.682. The molecule has 0 saturated heterocycles. The second-order valence-corrected chi connectivity index (χ2v) is 7.24. The summed E-state index contributed by atoms with van der Waals surface area (Å²) in [7, 11) is 0. The lowest BCUT2D eigenvalue weighted by Gasteiger charge is -2.07. The topological polar surface area (TPSA) is 69.6 Å². The molecule has 1 aromatic carbocycles. The van der Waals surface area contributed by atoms with Gasteiger partial charge in [-0.1, -0.05) is 84.0 Å². The van der Waals surface area contributed by atoms with Crippen LogP contribution in [-0.2, 0) is 4.79 Å². The maximum Gasteiger partial charge on any atom is 0.224 e. The lowest BCUT2D eigenvalue weighted by Crippen LogP contribution is -2.11. The Kier molecular flexibility index (Phi) is 12.4. The van der Waals surface area contributed by atoms with E-state index < -0.39 is 0 Å². The van der Waals surface area contributed by atoms with E-state index in [0.717, 1.165) is 12.8 Å². The average molecular weight is 364 g/mol. The van der Waals surface area contributed by atoms with Crippen LogP contribution >= 0.6 is 0 Å². The Morgan fingerprint density at radius 2 is 1.31 bits per heavy atom. The van der Waals surface area contributed by atoms with Gasteiger partial charge in [-0.15, -0.1) is 0 Å². The van der Waals surface area contributed by atoms with Crippen molar-refractivity contribution in [3.05, 3.63) is 18.2 Å². The summed E-state index contributed by atoms with van der Waals surface area (Å²) in [5.41, 5.74) is 0.268. The Bertz CT molecular complexity index is 502. The quantitative estimate of drug-likeness (QED) is 0.189. The highest BCUT2D eigenvalue weighted by atomic mass is 16.3. The molecular weight excluding hydrogens is 326 g/mol. The summed E-state index contributed by atoms with van der Waals surface area (Å²) >= 11 is 0. The summed E-state index contributed by atoms with van der Waals surface area (Å²) in [6.45, 7) is 2.26. The molecule has 1 rings (SSSR count). The molecule has 0 spiro atoms. The van der Waals surface area contributed by atoms with Crippen LogP contribution in [0.5, 0.6) is 11.5 Å². The molecule has 0 bridgehead atoms. The molecule has 1 aromatic rings. The summed E-state index contributed by atoms with van der Waals surface area (Å²) in [5, 5.41) is 21.7. The van der Waals surface area contributed by atoms with Crippen LogP contribution in [0.2, 0.25) is 0 Å². The molecule has 0 fully saturated rings. The van der Waals surface area contributed by atoms with Crippen LogP contribution in [0.1, 0.15) is 96.8 Å². The molecule has 4 heteroatoms. The minimum Gasteiger partial charge on any atom is -0.508 e. The molecule has 3 N–H and O–H groups in total. The molecule has 0 aliphatic heterocycles. The Balaban J connectivity index is 1.92. The van der Waals surface area contributed by atoms with Crippen LogP contribution in [0.4, 0.5) is 5.69 Å². The summed E-state index contributed by atoms with van der Waals surface area (Å²) in [6, 6.07) is 4.12. The summed E-state index contributed by atoms with van der Waals surface area (Å²) in [6.07, 6.45) is 17.1. The fourth-order valence-electron chi connectivity index (χ4n) is 3.14. The zero-order chi connectivity index (χ0) is 19.0. The number of benzene rings is 1. The Morgan fingerprint density at radius 3 is 1.85 bits per heavy atom. The summed E-state index contributed by atoms with van der Waals surface area (Å²) < 4.78 is 0. The van der Waals surface area contributed by atoms with Crippen LogP contribution in [-0.4, -0.2) is 16.1 Å². The molecule has 0 saturated carbocycles. The molecule has 0 heterocycles. The average Bonchev–Trinajstić information content (AvgIpc) is 2.62. The second kappa shape index (κ2) is 14.5. The summed E-state index contributed by atoms with van der Waals surface area (Å²) in [5.74, 6) is -0.116. The minimum absolute atomic E-state index is 0.0264. The van der Waals surface area contributed by atoms with Crippen LogP contribution in [0.3, 0.4) is 0 Å². The third kappa shape index (κ3) is 11.0. The van der Waals surface area contributed by atoms with Gasteiger partial charge >= 0.3 is 0 Å². The lowest BCUT2D eigenvalue weighted by atomic mass is 10.0. The Labute approximate surface area is 159 Å². The molecule has 0 aliphatic carbocycles. The van der Waals surface area contributed by atoms with Gasteiger partial charge in [0.25, 0.3) is 0 Å². The molecular formula is C22H37NO3. The van der Waals surface area contributed by atoms with Crippen molar-refractivity contribution in [3.8, 4) is 11.5 Å². The molecule has 0 radical (unpaired) electrons. The molecule has 0 atom stereocenters. The number of amides is 1. The Morgan fingerprint density at radius 1 is 0.808 bits per heavy atom. The van der Waals surface area contributed by atoms with Gasteiger partial charge in [0.2, 0.25) is 5.91 Å². The maximum atomic E-state index is 11.9. The number of hydrogen-bond acceptors (Lipinski definition) is 3. The van der Waals surface area contributed by atoms with Gasteiger partial charge in [0, 0.05) is 12.5 Å². The molecule has 0 unspecified atom stereocenters. The van der Waals surface area contributed by atoms with Gasteiger partial charge in [-0.3, -0.25) is 4.79 Å². The summed E-state index contributed by atoms with van der Waals surface area (Å²) in [4.78, 5) is 11.9. The van der Waals surface area contributed by atoms with E-state index in [0.29, 0.717) is 6.42 Å². The number of hydrogen-bond donors (Lipinski definition) is 3. The SMILES string of the molecule is CCCCCCCCCCCCCCCC(=O)Nc1cc(O)ccc1O. The van der Waals surface area contributed by atoms with E-state index in [9.17, 15) is 15.0 Å². The van der Waals surface area contributed by atoms with Crippen LogP contribution in [0.15, 0.2) is 18.2 Å². The normalized spacial score (nSPS) is 10.8. The van der Waals surface area contributed by atoms with Crippen molar-refractivity contribution >= 4 is 11.6 Å². The maximum absolute atomic E-state index is 11.9. The van der Waals surface area contributed by atoms with Gasteiger partial charge in [-0.2, -0.15) is 0 Å². The molecule has 0 aromatic heterocycles. The predicted octanol–water partition coefficient (Wildman–Crippen LogP) is 6.52. The first-order valence-electron chi connectivity index (χ1n) is 10.5. The van der Waals surface area contributed by atoms with Gasteiger partial charge in [0.1, 0.15) is 11.5 Å². The van der Waals surface area contributed by atoms with Crippen molar-refractivity contribution in [1.29, 1.82) is 0 Å². The minimum atomic E-state index is -0.117. The first-order chi connectivity index (χ1) is 12.6. The number of anilines is 1. The number of phenols is 2. The zero-order valence-electron chi connectivity index (χ0n) is 16.4. The van der Waals surface area contributed by atoms with Gasteiger partial charge in [-0.25, -0.2) is 0 Å². The van der Waals surface area contributed by atoms with Gasteiger partial charge < -0.3 is 15.5 Å². The van der Waals surface area contributed by atoms with Crippen molar-refractivity contribution in [3.63, 3.8) is 0 Å². The second-order valence-electron chi connectivity index (χ2n) is 7.24. The number of phenolic OH excluding ortho intramolecular Hbond substituents is 2. The molecule has 148 valence electrons. The standard InChI is InChI=1S/C22H37NO3/c1-2-3-4-5-6-7-8-9-10-11-12-13-14-15-22(26)23-20-18-19(24)16-17-21(20)25/h16-18,24-25H,2-15H2,1H3,(H,23,26). The molecule has 0 aliphatic rings. The van der Waals surface area contributed by atoms with Crippen molar-refractivity contribution in [2.45, 2.75) is 96.8 Å². The van der Waals surface area contributed by atoms with E-state index in [1.54, 1.807) is 0 Å². The first kappa shape index (κ1) is 22.3. The molecule has 1 amide bonds. The molecule has 26 heavy (non-hydrogen) atoms. The number of nitrogens with one attached hydrogen (secondary N) is 1. The van der Waals surface area contributed by atoms with Crippen molar-refractivity contribution in [2.75, 3.05) is 5.32 Å². The van der Waals surface area contributed by atoms with E-state index in [1.807, 2.05) is 0 Å². The van der Waals surface area contributed by atoms with Gasteiger partial charge in [0.05, 0.1) is 5.69 Å². The number of carbonyl (C=O) groups excluding carboxylic acids is 1. The number of unbranched alkanes of at least 4 members (excludes halogenated alkanes) is 12. The first-order valence-corrected chi connectivity index (χ1v) is 10.5. The van der Waals surface area contributed by atoms with Gasteiger partial charge in [-0.05, 0) is 18.6 Å². The fourth-order valence-corrected chi connectivity index (χ4v) is 3.14. The van der Waals surface area contributed by atoms with E-state index in [-0.39, 0.29) is 23.1 Å². The highest BCUT2D eigenvalue weighted by Crippen LogP contribution is 2.27. The third-order valence-electron chi connectivity index (χ3n) is 4.76. The highest BCUT2D eigenvalue weighted by molar-refractivity contribution is 5.92. The smallest absolute Gasteiger partial charge is 0.224 e. The predicted molar refractivity (Wildman–Crippen MR) is 109 cm³/mol. The van der Waals surface area contributed by atoms with Crippen molar-refractivity contribution in [2.24, 2.45) is 0 Å². The zero-order valence-corrected chi connectivity index (χ0v) is 16.4.